The molecule has 5 atom stereocenters. The van der Waals surface area contributed by atoms with Crippen LogP contribution in [0.2, 0.25) is 5.02 Å². The fourth-order valence-electron chi connectivity index (χ4n) is 6.82. The van der Waals surface area contributed by atoms with Gasteiger partial charge in [-0.25, -0.2) is 17.6 Å². The highest BCUT2D eigenvalue weighted by Crippen LogP contribution is 2.49. The van der Waals surface area contributed by atoms with E-state index in [1.807, 2.05) is 27.7 Å². The third-order valence-electron chi connectivity index (χ3n) is 9.17. The van der Waals surface area contributed by atoms with Gasteiger partial charge in [0.2, 0.25) is 0 Å². The monoisotopic (exact) mass is 588 g/mol. The van der Waals surface area contributed by atoms with Crippen molar-refractivity contribution in [2.24, 2.45) is 17.8 Å². The molecule has 3 aromatic carbocycles. The molecule has 0 amide bonds. The number of ether oxygens (including phenoxy) is 3. The molecule has 3 aliphatic rings. The second-order valence-corrected chi connectivity index (χ2v) is 12.6. The fraction of sp³-hybridized carbons (Fsp3) is 0.455. The van der Waals surface area contributed by atoms with Crippen molar-refractivity contribution < 1.29 is 31.8 Å². The Morgan fingerprint density at radius 2 is 1.32 bits per heavy atom. The lowest BCUT2D eigenvalue weighted by Gasteiger charge is -2.22. The Hall–Kier alpha value is -2.93. The molecule has 0 bridgehead atoms. The summed E-state index contributed by atoms with van der Waals surface area (Å²) in [7, 11) is 0. The smallest absolute Gasteiger partial charge is 0.166 e. The minimum atomic E-state index is -0.927. The van der Waals surface area contributed by atoms with Gasteiger partial charge in [-0.1, -0.05) is 39.3 Å². The third-order valence-corrected chi connectivity index (χ3v) is 9.56. The van der Waals surface area contributed by atoms with Crippen LogP contribution in [0.5, 0.6) is 17.2 Å². The van der Waals surface area contributed by atoms with Crippen LogP contribution in [0.4, 0.5) is 17.6 Å². The second-order valence-electron chi connectivity index (χ2n) is 12.2. The first-order valence-electron chi connectivity index (χ1n) is 14.2. The Bertz CT molecular complexity index is 1510. The summed E-state index contributed by atoms with van der Waals surface area (Å²) < 4.78 is 77.1. The molecule has 0 saturated carbocycles. The van der Waals surface area contributed by atoms with Crippen molar-refractivity contribution in [1.82, 2.24) is 0 Å². The molecule has 0 aliphatic carbocycles. The van der Waals surface area contributed by atoms with E-state index in [1.54, 1.807) is 6.07 Å². The molecule has 0 saturated heterocycles. The largest absolute Gasteiger partial charge is 0.493 e. The average molecular weight is 589 g/mol. The predicted octanol–water partition coefficient (Wildman–Crippen LogP) is 8.74. The number of benzene rings is 3. The van der Waals surface area contributed by atoms with Crippen LogP contribution >= 0.6 is 11.6 Å². The van der Waals surface area contributed by atoms with Crippen LogP contribution < -0.4 is 14.2 Å². The summed E-state index contributed by atoms with van der Waals surface area (Å²) in [6, 6.07) is 7.08. The maximum atomic E-state index is 15.4. The van der Waals surface area contributed by atoms with E-state index in [0.717, 1.165) is 5.56 Å². The molecule has 0 spiro atoms. The molecular weight excluding hydrogens is 556 g/mol. The van der Waals surface area contributed by atoms with Crippen LogP contribution in [-0.2, 0) is 12.8 Å². The van der Waals surface area contributed by atoms with Crippen LogP contribution in [0.3, 0.4) is 0 Å². The molecular formula is C33H33ClF4O3. The van der Waals surface area contributed by atoms with E-state index in [2.05, 4.69) is 0 Å². The zero-order valence-electron chi connectivity index (χ0n) is 23.5. The lowest BCUT2D eigenvalue weighted by molar-refractivity contribution is 0.282. The Morgan fingerprint density at radius 1 is 0.732 bits per heavy atom. The van der Waals surface area contributed by atoms with Gasteiger partial charge in [-0.15, -0.1) is 0 Å². The number of fused-ring (bicyclic) bond motifs is 3. The van der Waals surface area contributed by atoms with Crippen molar-refractivity contribution in [3.8, 4) is 17.2 Å². The molecule has 3 aliphatic heterocycles. The molecule has 3 aromatic rings. The zero-order chi connectivity index (χ0) is 29.2. The second kappa shape index (κ2) is 10.7. The summed E-state index contributed by atoms with van der Waals surface area (Å²) in [5, 5.41) is 0.0899. The molecule has 3 heterocycles. The quantitative estimate of drug-likeness (QED) is 0.258. The average Bonchev–Trinajstić information content (AvgIpc) is 3.66. The Kier molecular flexibility index (Phi) is 7.37. The number of hydrogen-bond acceptors (Lipinski definition) is 3. The maximum Gasteiger partial charge on any atom is 0.166 e. The molecule has 6 rings (SSSR count). The number of halogens is 5. The Balaban J connectivity index is 1.27. The van der Waals surface area contributed by atoms with Crippen molar-refractivity contribution in [2.45, 2.75) is 58.3 Å². The van der Waals surface area contributed by atoms with Gasteiger partial charge >= 0.3 is 0 Å². The van der Waals surface area contributed by atoms with Gasteiger partial charge < -0.3 is 14.2 Å². The lowest BCUT2D eigenvalue weighted by atomic mass is 9.81. The molecule has 0 N–H and O–H groups in total. The number of rotatable bonds is 7. The van der Waals surface area contributed by atoms with Crippen molar-refractivity contribution in [1.29, 1.82) is 0 Å². The van der Waals surface area contributed by atoms with Gasteiger partial charge in [0.05, 0.1) is 24.8 Å². The van der Waals surface area contributed by atoms with Gasteiger partial charge in [-0.2, -0.15) is 0 Å². The highest BCUT2D eigenvalue weighted by molar-refractivity contribution is 6.31. The summed E-state index contributed by atoms with van der Waals surface area (Å²) in [6.45, 7) is 9.04. The van der Waals surface area contributed by atoms with Crippen molar-refractivity contribution >= 4 is 11.6 Å². The van der Waals surface area contributed by atoms with Crippen LogP contribution in [0.25, 0.3) is 0 Å². The molecule has 3 nitrogen and oxygen atoms in total. The van der Waals surface area contributed by atoms with E-state index in [4.69, 9.17) is 25.8 Å². The third kappa shape index (κ3) is 4.84. The van der Waals surface area contributed by atoms with Gasteiger partial charge in [-0.3, -0.25) is 0 Å². The van der Waals surface area contributed by atoms with E-state index < -0.39 is 23.4 Å². The van der Waals surface area contributed by atoms with E-state index in [9.17, 15) is 8.78 Å². The summed E-state index contributed by atoms with van der Waals surface area (Å²) in [4.78, 5) is 0. The first-order chi connectivity index (χ1) is 19.5. The molecule has 0 fully saturated rings. The first-order valence-corrected chi connectivity index (χ1v) is 14.6. The summed E-state index contributed by atoms with van der Waals surface area (Å²) in [5.74, 6) is -1.61. The highest BCUT2D eigenvalue weighted by Gasteiger charge is 2.39. The van der Waals surface area contributed by atoms with Crippen LogP contribution in [0.1, 0.15) is 73.3 Å². The molecule has 8 heteroatoms. The van der Waals surface area contributed by atoms with Gasteiger partial charge in [-0.05, 0) is 72.1 Å². The summed E-state index contributed by atoms with van der Waals surface area (Å²) in [5.41, 5.74) is 2.95. The molecule has 0 aromatic heterocycles. The Morgan fingerprint density at radius 3 is 2.00 bits per heavy atom. The van der Waals surface area contributed by atoms with Gasteiger partial charge in [0.15, 0.2) is 11.6 Å². The molecule has 218 valence electrons. The normalized spacial score (nSPS) is 22.0. The van der Waals surface area contributed by atoms with Gasteiger partial charge in [0.25, 0.3) is 0 Å². The molecule has 5 unspecified atom stereocenters. The van der Waals surface area contributed by atoms with Crippen LogP contribution in [0.15, 0.2) is 30.3 Å². The molecule has 0 radical (unpaired) electrons. The van der Waals surface area contributed by atoms with Crippen molar-refractivity contribution in [3.05, 3.63) is 86.4 Å². The SMILES string of the molecule is CC(C)C1COc2c(CC(C)C3COc4c(CC(C)C5COc6ccc(F)cc65)cc(F)c(F)c43)cc(F)c(Cl)c21. The summed E-state index contributed by atoms with van der Waals surface area (Å²) in [6.07, 6.45) is 0.795. The standard InChI is InChI=1S/C33H33ClF4O3/c1-15(2)22-12-40-32-18(9-25(36)30(34)28(22)32)8-17(4)24-14-41-33-19(10-26(37)31(38)29(24)33)7-16(3)23-13-39-27-6-5-20(35)11-21(23)27/h5-6,9-11,15-17,22-24H,7-8,12-14H2,1-4H3. The summed E-state index contributed by atoms with van der Waals surface area (Å²) >= 11 is 6.37. The van der Waals surface area contributed by atoms with Crippen LogP contribution in [0, 0.1) is 41.0 Å². The number of hydrogen-bond donors (Lipinski definition) is 0. The van der Waals surface area contributed by atoms with E-state index in [-0.39, 0.29) is 52.6 Å². The van der Waals surface area contributed by atoms with Crippen LogP contribution in [-0.4, -0.2) is 19.8 Å². The van der Waals surface area contributed by atoms with Crippen molar-refractivity contribution in [2.75, 3.05) is 19.8 Å². The topological polar surface area (TPSA) is 27.7 Å². The molecule has 41 heavy (non-hydrogen) atoms. The fourth-order valence-corrected chi connectivity index (χ4v) is 7.10. The van der Waals surface area contributed by atoms with E-state index >= 15 is 8.78 Å². The predicted molar refractivity (Wildman–Crippen MR) is 149 cm³/mol. The minimum Gasteiger partial charge on any atom is -0.493 e. The van der Waals surface area contributed by atoms with Crippen molar-refractivity contribution in [3.63, 3.8) is 0 Å². The van der Waals surface area contributed by atoms with Gasteiger partial charge in [0, 0.05) is 34.4 Å². The lowest BCUT2D eigenvalue weighted by Crippen LogP contribution is -2.16. The van der Waals surface area contributed by atoms with E-state index in [0.29, 0.717) is 60.0 Å². The first kappa shape index (κ1) is 28.2. The zero-order valence-corrected chi connectivity index (χ0v) is 24.3. The maximum absolute atomic E-state index is 15.4. The van der Waals surface area contributed by atoms with E-state index in [1.165, 1.54) is 24.3 Å². The van der Waals surface area contributed by atoms with Gasteiger partial charge in [0.1, 0.15) is 28.9 Å². The minimum absolute atomic E-state index is 0.0115. The highest BCUT2D eigenvalue weighted by atomic mass is 35.5. The Labute approximate surface area is 242 Å².